The summed E-state index contributed by atoms with van der Waals surface area (Å²) in [6, 6.07) is 19.4. The molecule has 0 saturated carbocycles. The van der Waals surface area contributed by atoms with Gasteiger partial charge in [0.1, 0.15) is 23.1 Å². The van der Waals surface area contributed by atoms with Crippen molar-refractivity contribution in [1.82, 2.24) is 4.98 Å². The maximum atomic E-state index is 13.8. The summed E-state index contributed by atoms with van der Waals surface area (Å²) in [6.45, 7) is 0.288. The molecule has 38 heavy (non-hydrogen) atoms. The van der Waals surface area contributed by atoms with Gasteiger partial charge < -0.3 is 14.6 Å². The Hall–Kier alpha value is -3.94. The highest BCUT2D eigenvalue weighted by Gasteiger charge is 2.29. The topological polar surface area (TPSA) is 85.7 Å². The molecule has 192 valence electrons. The third kappa shape index (κ3) is 5.49. The zero-order chi connectivity index (χ0) is 26.8. The summed E-state index contributed by atoms with van der Waals surface area (Å²) in [6.07, 6.45) is 0.427. The highest BCUT2D eigenvalue weighted by molar-refractivity contribution is 6.32. The molecule has 1 aliphatic heterocycles. The minimum atomic E-state index is -0.930. The van der Waals surface area contributed by atoms with Crippen LogP contribution in [0.5, 0.6) is 17.2 Å². The van der Waals surface area contributed by atoms with Crippen molar-refractivity contribution in [3.05, 3.63) is 105 Å². The van der Waals surface area contributed by atoms with E-state index in [9.17, 15) is 19.1 Å². The Bertz CT molecular complexity index is 1540. The van der Waals surface area contributed by atoms with E-state index in [2.05, 4.69) is 4.98 Å². The van der Waals surface area contributed by atoms with Gasteiger partial charge in [-0.2, -0.15) is 0 Å². The Morgan fingerprint density at radius 2 is 1.82 bits per heavy atom. The number of aliphatic carboxylic acids is 1. The Morgan fingerprint density at radius 1 is 1.03 bits per heavy atom. The molecule has 1 aliphatic rings. The number of pyridine rings is 1. The monoisotopic (exact) mass is 551 g/mol. The molecular weight excluding hydrogens is 532 g/mol. The SMILES string of the molecule is O=C(Cc1cccc(-c2ccc(Cl)c(F)c2)n1)c1ccc(Oc2cc3c(cc2Cl)C(C(=O)O)CCO3)cc1. The number of benzene rings is 3. The van der Waals surface area contributed by atoms with Crippen molar-refractivity contribution in [2.24, 2.45) is 0 Å². The second-order valence-electron chi connectivity index (χ2n) is 8.72. The van der Waals surface area contributed by atoms with E-state index in [1.165, 1.54) is 12.1 Å². The fourth-order valence-corrected chi connectivity index (χ4v) is 4.55. The molecule has 0 spiro atoms. The van der Waals surface area contributed by atoms with Crippen LogP contribution in [-0.2, 0) is 11.2 Å². The number of Topliss-reactive ketones (excluding diaryl/α,β-unsaturated/α-hetero) is 1. The molecule has 2 heterocycles. The van der Waals surface area contributed by atoms with Gasteiger partial charge in [-0.1, -0.05) is 35.3 Å². The third-order valence-electron chi connectivity index (χ3n) is 6.17. The highest BCUT2D eigenvalue weighted by Crippen LogP contribution is 2.41. The molecule has 0 bridgehead atoms. The standard InChI is InChI=1S/C29H20Cl2FNO5/c30-22-9-6-17(12-24(22)32)25-3-1-2-18(33-25)13-26(34)16-4-7-19(8-5-16)38-28-15-27-21(14-23(28)31)20(29(35)36)10-11-37-27/h1-9,12,14-15,20H,10-11,13H2,(H,35,36). The second kappa shape index (κ2) is 10.8. The first kappa shape index (κ1) is 25.7. The fourth-order valence-electron chi connectivity index (χ4n) is 4.22. The van der Waals surface area contributed by atoms with Gasteiger partial charge in [0.25, 0.3) is 0 Å². The van der Waals surface area contributed by atoms with E-state index >= 15 is 0 Å². The Labute approximate surface area is 227 Å². The summed E-state index contributed by atoms with van der Waals surface area (Å²) in [7, 11) is 0. The van der Waals surface area contributed by atoms with Crippen LogP contribution in [0.4, 0.5) is 4.39 Å². The van der Waals surface area contributed by atoms with Crippen LogP contribution in [0.2, 0.25) is 10.0 Å². The summed E-state index contributed by atoms with van der Waals surface area (Å²) < 4.78 is 25.3. The molecular formula is C29H20Cl2FNO5. The van der Waals surface area contributed by atoms with Crippen molar-refractivity contribution in [2.45, 2.75) is 18.8 Å². The minimum Gasteiger partial charge on any atom is -0.493 e. The highest BCUT2D eigenvalue weighted by atomic mass is 35.5. The number of aromatic nitrogens is 1. The maximum Gasteiger partial charge on any atom is 0.311 e. The molecule has 6 nitrogen and oxygen atoms in total. The van der Waals surface area contributed by atoms with Crippen LogP contribution in [0.15, 0.2) is 72.8 Å². The van der Waals surface area contributed by atoms with Gasteiger partial charge in [0.2, 0.25) is 0 Å². The lowest BCUT2D eigenvalue weighted by Gasteiger charge is -2.24. The quantitative estimate of drug-likeness (QED) is 0.241. The van der Waals surface area contributed by atoms with Crippen molar-refractivity contribution in [2.75, 3.05) is 6.61 Å². The summed E-state index contributed by atoms with van der Waals surface area (Å²) in [5.74, 6) is -1.12. The van der Waals surface area contributed by atoms with Crippen LogP contribution < -0.4 is 9.47 Å². The number of nitrogens with zero attached hydrogens (tertiary/aromatic N) is 1. The lowest BCUT2D eigenvalue weighted by molar-refractivity contribution is -0.139. The van der Waals surface area contributed by atoms with Gasteiger partial charge >= 0.3 is 5.97 Å². The second-order valence-corrected chi connectivity index (χ2v) is 9.53. The number of carboxylic acid groups (broad SMARTS) is 1. The largest absolute Gasteiger partial charge is 0.493 e. The van der Waals surface area contributed by atoms with Gasteiger partial charge in [-0.15, -0.1) is 0 Å². The maximum absolute atomic E-state index is 13.8. The van der Waals surface area contributed by atoms with Crippen LogP contribution in [-0.4, -0.2) is 28.4 Å². The molecule has 5 rings (SSSR count). The lowest BCUT2D eigenvalue weighted by Crippen LogP contribution is -2.20. The van der Waals surface area contributed by atoms with E-state index < -0.39 is 17.7 Å². The Kier molecular flexibility index (Phi) is 7.31. The molecule has 1 atom stereocenters. The van der Waals surface area contributed by atoms with Gasteiger partial charge in [0, 0.05) is 28.5 Å². The van der Waals surface area contributed by atoms with E-state index in [0.29, 0.717) is 51.7 Å². The van der Waals surface area contributed by atoms with Crippen molar-refractivity contribution in [1.29, 1.82) is 0 Å². The van der Waals surface area contributed by atoms with E-state index in [1.54, 1.807) is 60.7 Å². The van der Waals surface area contributed by atoms with Crippen LogP contribution >= 0.6 is 23.2 Å². The van der Waals surface area contributed by atoms with Gasteiger partial charge in [0.15, 0.2) is 5.78 Å². The summed E-state index contributed by atoms with van der Waals surface area (Å²) >= 11 is 12.1. The predicted octanol–water partition coefficient (Wildman–Crippen LogP) is 7.36. The summed E-state index contributed by atoms with van der Waals surface area (Å²) in [5.41, 5.74) is 2.62. The number of carbonyl (C=O) groups excluding carboxylic acids is 1. The number of halogens is 3. The average Bonchev–Trinajstić information content (AvgIpc) is 2.91. The van der Waals surface area contributed by atoms with Gasteiger partial charge in [0.05, 0.1) is 34.7 Å². The van der Waals surface area contributed by atoms with Crippen LogP contribution in [0.1, 0.15) is 34.0 Å². The zero-order valence-corrected chi connectivity index (χ0v) is 21.3. The number of hydrogen-bond acceptors (Lipinski definition) is 5. The van der Waals surface area contributed by atoms with Crippen LogP contribution in [0.3, 0.4) is 0 Å². The van der Waals surface area contributed by atoms with Gasteiger partial charge in [-0.25, -0.2) is 4.39 Å². The molecule has 0 amide bonds. The molecule has 0 aliphatic carbocycles. The summed E-state index contributed by atoms with van der Waals surface area (Å²) in [4.78, 5) is 28.9. The molecule has 1 N–H and O–H groups in total. The van der Waals surface area contributed by atoms with E-state index in [1.807, 2.05) is 0 Å². The average molecular weight is 552 g/mol. The van der Waals surface area contributed by atoms with E-state index in [0.717, 1.165) is 0 Å². The number of hydrogen-bond donors (Lipinski definition) is 1. The van der Waals surface area contributed by atoms with Gasteiger partial charge in [-0.3, -0.25) is 14.6 Å². The number of carbonyl (C=O) groups is 2. The number of rotatable bonds is 7. The molecule has 0 fully saturated rings. The first-order valence-corrected chi connectivity index (χ1v) is 12.5. The molecule has 4 aromatic rings. The zero-order valence-electron chi connectivity index (χ0n) is 19.8. The number of carboxylic acids is 1. The molecule has 0 saturated heterocycles. The van der Waals surface area contributed by atoms with Crippen molar-refractivity contribution in [3.8, 4) is 28.5 Å². The van der Waals surface area contributed by atoms with E-state index in [4.69, 9.17) is 32.7 Å². The summed E-state index contributed by atoms with van der Waals surface area (Å²) in [5, 5.41) is 9.74. The smallest absolute Gasteiger partial charge is 0.311 e. The molecule has 1 unspecified atom stereocenters. The lowest BCUT2D eigenvalue weighted by atomic mass is 9.93. The Balaban J connectivity index is 1.28. The Morgan fingerprint density at radius 3 is 2.55 bits per heavy atom. The molecule has 3 aromatic carbocycles. The number of ether oxygens (including phenoxy) is 2. The molecule has 0 radical (unpaired) electrons. The van der Waals surface area contributed by atoms with Crippen LogP contribution in [0, 0.1) is 5.82 Å². The van der Waals surface area contributed by atoms with Crippen molar-refractivity contribution >= 4 is 35.0 Å². The van der Waals surface area contributed by atoms with Crippen molar-refractivity contribution in [3.63, 3.8) is 0 Å². The van der Waals surface area contributed by atoms with E-state index in [-0.39, 0.29) is 28.9 Å². The number of fused-ring (bicyclic) bond motifs is 1. The normalized spacial score (nSPS) is 14.3. The first-order valence-electron chi connectivity index (χ1n) is 11.7. The third-order valence-corrected chi connectivity index (χ3v) is 6.77. The number of ketones is 1. The minimum absolute atomic E-state index is 0.0292. The van der Waals surface area contributed by atoms with Gasteiger partial charge in [-0.05, 0) is 61.0 Å². The first-order chi connectivity index (χ1) is 18.3. The van der Waals surface area contributed by atoms with Crippen LogP contribution in [0.25, 0.3) is 11.3 Å². The fraction of sp³-hybridized carbons (Fsp3) is 0.138. The molecule has 1 aromatic heterocycles. The predicted molar refractivity (Wildman–Crippen MR) is 141 cm³/mol. The van der Waals surface area contributed by atoms with Crippen molar-refractivity contribution < 1.29 is 28.6 Å². The molecule has 9 heteroatoms.